The van der Waals surface area contributed by atoms with Crippen LogP contribution in [0.4, 0.5) is 0 Å². The molecule has 1 fully saturated rings. The average Bonchev–Trinajstić information content (AvgIpc) is 2.33. The molecule has 2 nitrogen and oxygen atoms in total. The maximum Gasteiger partial charge on any atom is 0.0704 e. The summed E-state index contributed by atoms with van der Waals surface area (Å²) >= 11 is 0. The molecular formula is C15H18N2. The van der Waals surface area contributed by atoms with Crippen LogP contribution >= 0.6 is 0 Å². The van der Waals surface area contributed by atoms with Crippen LogP contribution in [0.5, 0.6) is 0 Å². The molecule has 1 aromatic heterocycles. The lowest BCUT2D eigenvalue weighted by atomic mass is 9.62. The molecular weight excluding hydrogens is 208 g/mol. The molecule has 1 aliphatic carbocycles. The zero-order valence-electron chi connectivity index (χ0n) is 10.0. The standard InChI is InChI=1S/C15H18N2/c16-9-8-15(6-2-7-15)13-5-4-12-3-1-10-17-14(12)11-13/h1,3-5,10-11H,2,6-9,16H2. The predicted molar refractivity (Wildman–Crippen MR) is 70.9 cm³/mol. The van der Waals surface area contributed by atoms with E-state index in [0.717, 1.165) is 18.5 Å². The number of aromatic nitrogens is 1. The summed E-state index contributed by atoms with van der Waals surface area (Å²) in [4.78, 5) is 4.44. The summed E-state index contributed by atoms with van der Waals surface area (Å²) in [6, 6.07) is 10.8. The second-order valence-corrected chi connectivity index (χ2v) is 5.08. The van der Waals surface area contributed by atoms with Gasteiger partial charge in [0.05, 0.1) is 5.52 Å². The van der Waals surface area contributed by atoms with E-state index in [4.69, 9.17) is 5.73 Å². The van der Waals surface area contributed by atoms with Crippen molar-refractivity contribution in [2.75, 3.05) is 6.54 Å². The van der Waals surface area contributed by atoms with Gasteiger partial charge >= 0.3 is 0 Å². The molecule has 0 radical (unpaired) electrons. The van der Waals surface area contributed by atoms with Crippen LogP contribution in [-0.4, -0.2) is 11.5 Å². The normalized spacial score (nSPS) is 17.9. The van der Waals surface area contributed by atoms with Crippen molar-refractivity contribution in [1.82, 2.24) is 4.98 Å². The summed E-state index contributed by atoms with van der Waals surface area (Å²) in [7, 11) is 0. The molecule has 0 bridgehead atoms. The lowest BCUT2D eigenvalue weighted by molar-refractivity contribution is 0.229. The maximum atomic E-state index is 5.76. The van der Waals surface area contributed by atoms with Crippen molar-refractivity contribution >= 4 is 10.9 Å². The fraction of sp³-hybridized carbons (Fsp3) is 0.400. The van der Waals surface area contributed by atoms with Crippen LogP contribution in [0.2, 0.25) is 0 Å². The largest absolute Gasteiger partial charge is 0.330 e. The van der Waals surface area contributed by atoms with Gasteiger partial charge in [-0.1, -0.05) is 24.6 Å². The Morgan fingerprint density at radius 3 is 2.82 bits per heavy atom. The first-order valence-electron chi connectivity index (χ1n) is 6.39. The van der Waals surface area contributed by atoms with Crippen LogP contribution in [0.25, 0.3) is 10.9 Å². The highest BCUT2D eigenvalue weighted by molar-refractivity contribution is 5.79. The number of benzene rings is 1. The molecule has 2 N–H and O–H groups in total. The van der Waals surface area contributed by atoms with Crippen molar-refractivity contribution < 1.29 is 0 Å². The topological polar surface area (TPSA) is 38.9 Å². The van der Waals surface area contributed by atoms with E-state index >= 15 is 0 Å². The summed E-state index contributed by atoms with van der Waals surface area (Å²) in [5.41, 5.74) is 8.64. The third-order valence-electron chi connectivity index (χ3n) is 4.15. The average molecular weight is 226 g/mol. The first-order valence-corrected chi connectivity index (χ1v) is 6.39. The van der Waals surface area contributed by atoms with Crippen molar-refractivity contribution in [3.63, 3.8) is 0 Å². The van der Waals surface area contributed by atoms with Gasteiger partial charge in [0.15, 0.2) is 0 Å². The Morgan fingerprint density at radius 2 is 2.12 bits per heavy atom. The first kappa shape index (κ1) is 10.7. The zero-order chi connectivity index (χ0) is 11.7. The van der Waals surface area contributed by atoms with Gasteiger partial charge in [0.1, 0.15) is 0 Å². The number of fused-ring (bicyclic) bond motifs is 1. The summed E-state index contributed by atoms with van der Waals surface area (Å²) in [6.07, 6.45) is 6.86. The highest BCUT2D eigenvalue weighted by Crippen LogP contribution is 2.46. The Labute approximate surface area is 102 Å². The first-order chi connectivity index (χ1) is 8.34. The summed E-state index contributed by atoms with van der Waals surface area (Å²) in [5.74, 6) is 0. The Hall–Kier alpha value is -1.41. The van der Waals surface area contributed by atoms with Crippen LogP contribution in [0.15, 0.2) is 36.5 Å². The minimum Gasteiger partial charge on any atom is -0.330 e. The number of pyridine rings is 1. The molecule has 1 heterocycles. The van der Waals surface area contributed by atoms with E-state index in [1.807, 2.05) is 12.3 Å². The molecule has 0 atom stereocenters. The van der Waals surface area contributed by atoms with Crippen molar-refractivity contribution in [3.05, 3.63) is 42.1 Å². The summed E-state index contributed by atoms with van der Waals surface area (Å²) in [5, 5.41) is 1.22. The van der Waals surface area contributed by atoms with Gasteiger partial charge in [0, 0.05) is 11.6 Å². The number of nitrogens with zero attached hydrogens (tertiary/aromatic N) is 1. The van der Waals surface area contributed by atoms with E-state index in [2.05, 4.69) is 29.2 Å². The fourth-order valence-corrected chi connectivity index (χ4v) is 2.96. The molecule has 1 aliphatic rings. The second-order valence-electron chi connectivity index (χ2n) is 5.08. The second kappa shape index (κ2) is 4.11. The van der Waals surface area contributed by atoms with Crippen molar-refractivity contribution in [1.29, 1.82) is 0 Å². The summed E-state index contributed by atoms with van der Waals surface area (Å²) in [6.45, 7) is 0.778. The molecule has 2 heteroatoms. The van der Waals surface area contributed by atoms with Gasteiger partial charge < -0.3 is 5.73 Å². The van der Waals surface area contributed by atoms with Crippen molar-refractivity contribution in [2.24, 2.45) is 5.73 Å². The van der Waals surface area contributed by atoms with Gasteiger partial charge in [-0.25, -0.2) is 0 Å². The van der Waals surface area contributed by atoms with Crippen LogP contribution in [0.1, 0.15) is 31.2 Å². The van der Waals surface area contributed by atoms with E-state index in [1.54, 1.807) is 0 Å². The molecule has 0 amide bonds. The lowest BCUT2D eigenvalue weighted by Gasteiger charge is -2.42. The van der Waals surface area contributed by atoms with Gasteiger partial charge in [-0.15, -0.1) is 0 Å². The smallest absolute Gasteiger partial charge is 0.0704 e. The highest BCUT2D eigenvalue weighted by Gasteiger charge is 2.37. The predicted octanol–water partition coefficient (Wildman–Crippen LogP) is 3.01. The Balaban J connectivity index is 2.05. The quantitative estimate of drug-likeness (QED) is 0.873. The third kappa shape index (κ3) is 1.73. The van der Waals surface area contributed by atoms with E-state index in [0.29, 0.717) is 5.41 Å². The Bertz CT molecular complexity index is 529. The molecule has 0 saturated heterocycles. The van der Waals surface area contributed by atoms with Gasteiger partial charge in [-0.05, 0) is 48.9 Å². The van der Waals surface area contributed by atoms with E-state index in [9.17, 15) is 0 Å². The number of nitrogens with two attached hydrogens (primary N) is 1. The highest BCUT2D eigenvalue weighted by atomic mass is 14.6. The molecule has 1 aromatic carbocycles. The van der Waals surface area contributed by atoms with Gasteiger partial charge in [0.2, 0.25) is 0 Å². The minimum atomic E-state index is 0.348. The Morgan fingerprint density at radius 1 is 1.24 bits per heavy atom. The summed E-state index contributed by atoms with van der Waals surface area (Å²) < 4.78 is 0. The number of hydrogen-bond donors (Lipinski definition) is 1. The van der Waals surface area contributed by atoms with Crippen LogP contribution < -0.4 is 5.73 Å². The van der Waals surface area contributed by atoms with E-state index in [-0.39, 0.29) is 0 Å². The molecule has 1 saturated carbocycles. The van der Waals surface area contributed by atoms with Crippen LogP contribution in [0.3, 0.4) is 0 Å². The van der Waals surface area contributed by atoms with Gasteiger partial charge in [-0.3, -0.25) is 4.98 Å². The zero-order valence-corrected chi connectivity index (χ0v) is 10.0. The number of rotatable bonds is 3. The number of hydrogen-bond acceptors (Lipinski definition) is 2. The van der Waals surface area contributed by atoms with Gasteiger partial charge in [-0.2, -0.15) is 0 Å². The third-order valence-corrected chi connectivity index (χ3v) is 4.15. The molecule has 17 heavy (non-hydrogen) atoms. The fourth-order valence-electron chi connectivity index (χ4n) is 2.96. The van der Waals surface area contributed by atoms with E-state index in [1.165, 1.54) is 30.2 Å². The lowest BCUT2D eigenvalue weighted by Crippen LogP contribution is -2.36. The molecule has 88 valence electrons. The Kier molecular flexibility index (Phi) is 2.60. The SMILES string of the molecule is NCCC1(c2ccc3cccnc3c2)CCC1. The maximum absolute atomic E-state index is 5.76. The molecule has 0 spiro atoms. The monoisotopic (exact) mass is 226 g/mol. The van der Waals surface area contributed by atoms with E-state index < -0.39 is 0 Å². The van der Waals surface area contributed by atoms with Crippen molar-refractivity contribution in [3.8, 4) is 0 Å². The molecule has 2 aromatic rings. The van der Waals surface area contributed by atoms with Crippen LogP contribution in [-0.2, 0) is 5.41 Å². The minimum absolute atomic E-state index is 0.348. The molecule has 0 unspecified atom stereocenters. The van der Waals surface area contributed by atoms with Crippen LogP contribution in [0, 0.1) is 0 Å². The molecule has 3 rings (SSSR count). The van der Waals surface area contributed by atoms with Crippen molar-refractivity contribution in [2.45, 2.75) is 31.1 Å². The van der Waals surface area contributed by atoms with Gasteiger partial charge in [0.25, 0.3) is 0 Å². The molecule has 0 aliphatic heterocycles.